The molecule has 0 rings (SSSR count). The van der Waals surface area contributed by atoms with E-state index in [9.17, 15) is 0 Å². The Morgan fingerprint density at radius 3 is 1.88 bits per heavy atom. The molecule has 0 saturated carbocycles. The zero-order chi connectivity index (χ0) is 6.41. The average molecular weight is 112 g/mol. The van der Waals surface area contributed by atoms with Gasteiger partial charge in [0, 0.05) is 0 Å². The quantitative estimate of drug-likeness (QED) is 0.483. The molecular weight excluding hydrogens is 98.1 g/mol. The summed E-state index contributed by atoms with van der Waals surface area (Å²) in [7, 11) is 2.11. The Balaban J connectivity index is 3.16. The molecule has 0 aromatic rings. The minimum Gasteiger partial charge on any atom is -0.331 e. The van der Waals surface area contributed by atoms with Crippen molar-refractivity contribution in [1.29, 1.82) is 0 Å². The summed E-state index contributed by atoms with van der Waals surface area (Å²) < 4.78 is 0. The smallest absolute Gasteiger partial charge is 0.0955 e. The maximum absolute atomic E-state index is 3.63. The first-order chi connectivity index (χ1) is 3.81. The molecule has 0 saturated heterocycles. The lowest BCUT2D eigenvalue weighted by Gasteiger charge is -2.06. The van der Waals surface area contributed by atoms with Crippen LogP contribution >= 0.6 is 0 Å². The standard InChI is InChI=1S/C7H13N/c1-4-6-8(3)7-5-2/h4-5H,1-2,6-7H2,3H3/p+1. The first-order valence-corrected chi connectivity index (χ1v) is 2.84. The Hall–Kier alpha value is -0.560. The summed E-state index contributed by atoms with van der Waals surface area (Å²) in [6.07, 6.45) is 3.83. The van der Waals surface area contributed by atoms with Crippen molar-refractivity contribution in [3.8, 4) is 0 Å². The predicted octanol–water partition coefficient (Wildman–Crippen LogP) is -0.127. The van der Waals surface area contributed by atoms with E-state index in [1.807, 2.05) is 12.2 Å². The van der Waals surface area contributed by atoms with Crippen LogP contribution in [-0.2, 0) is 0 Å². The molecule has 0 aromatic heterocycles. The van der Waals surface area contributed by atoms with Gasteiger partial charge in [0.1, 0.15) is 0 Å². The molecule has 0 amide bonds. The molecule has 0 atom stereocenters. The fourth-order valence-corrected chi connectivity index (χ4v) is 0.576. The number of hydrogen-bond donors (Lipinski definition) is 1. The van der Waals surface area contributed by atoms with E-state index in [1.54, 1.807) is 0 Å². The van der Waals surface area contributed by atoms with Gasteiger partial charge in [-0.15, -0.1) is 0 Å². The molecule has 8 heavy (non-hydrogen) atoms. The number of hydrogen-bond acceptors (Lipinski definition) is 0. The molecule has 0 aliphatic rings. The number of quaternary nitrogens is 1. The van der Waals surface area contributed by atoms with Crippen LogP contribution in [-0.4, -0.2) is 20.1 Å². The minimum atomic E-state index is 1.02. The van der Waals surface area contributed by atoms with Crippen molar-refractivity contribution in [2.45, 2.75) is 0 Å². The van der Waals surface area contributed by atoms with Crippen LogP contribution in [0.2, 0.25) is 0 Å². The zero-order valence-electron chi connectivity index (χ0n) is 5.48. The van der Waals surface area contributed by atoms with Crippen LogP contribution in [0, 0.1) is 0 Å². The second-order valence-corrected chi connectivity index (χ2v) is 1.94. The summed E-state index contributed by atoms with van der Waals surface area (Å²) in [5, 5.41) is 0. The summed E-state index contributed by atoms with van der Waals surface area (Å²) in [4.78, 5) is 1.43. The lowest BCUT2D eigenvalue weighted by molar-refractivity contribution is -0.866. The molecule has 0 aliphatic carbocycles. The second kappa shape index (κ2) is 4.60. The van der Waals surface area contributed by atoms with Gasteiger partial charge in [0.25, 0.3) is 0 Å². The van der Waals surface area contributed by atoms with Crippen molar-refractivity contribution < 1.29 is 4.90 Å². The SMILES string of the molecule is C=CC[NH+](C)CC=C. The molecule has 46 valence electrons. The topological polar surface area (TPSA) is 4.44 Å². The molecule has 0 radical (unpaired) electrons. The van der Waals surface area contributed by atoms with Gasteiger partial charge in [-0.1, -0.05) is 13.2 Å². The van der Waals surface area contributed by atoms with Crippen LogP contribution < -0.4 is 4.90 Å². The monoisotopic (exact) mass is 112 g/mol. The fraction of sp³-hybridized carbons (Fsp3) is 0.429. The van der Waals surface area contributed by atoms with Crippen LogP contribution in [0.1, 0.15) is 0 Å². The summed E-state index contributed by atoms with van der Waals surface area (Å²) in [5.74, 6) is 0. The van der Waals surface area contributed by atoms with E-state index in [2.05, 4.69) is 20.2 Å². The number of rotatable bonds is 4. The van der Waals surface area contributed by atoms with E-state index in [0.717, 1.165) is 13.1 Å². The highest BCUT2D eigenvalue weighted by atomic mass is 15.1. The Kier molecular flexibility index (Phi) is 4.27. The van der Waals surface area contributed by atoms with Gasteiger partial charge in [-0.3, -0.25) is 0 Å². The maximum Gasteiger partial charge on any atom is 0.0955 e. The van der Waals surface area contributed by atoms with E-state index < -0.39 is 0 Å². The molecule has 0 heterocycles. The predicted molar refractivity (Wildman–Crippen MR) is 37.0 cm³/mol. The van der Waals surface area contributed by atoms with Gasteiger partial charge in [0.2, 0.25) is 0 Å². The van der Waals surface area contributed by atoms with Gasteiger partial charge < -0.3 is 4.90 Å². The van der Waals surface area contributed by atoms with Gasteiger partial charge in [0.15, 0.2) is 0 Å². The number of likely N-dealkylation sites (N-methyl/N-ethyl adjacent to an activating group) is 1. The third kappa shape index (κ3) is 3.62. The van der Waals surface area contributed by atoms with E-state index in [4.69, 9.17) is 0 Å². The Bertz CT molecular complexity index is 66.5. The zero-order valence-corrected chi connectivity index (χ0v) is 5.48. The van der Waals surface area contributed by atoms with Crippen molar-refractivity contribution in [3.05, 3.63) is 25.3 Å². The molecule has 1 nitrogen and oxygen atoms in total. The van der Waals surface area contributed by atoms with Gasteiger partial charge in [-0.2, -0.15) is 0 Å². The maximum atomic E-state index is 3.63. The van der Waals surface area contributed by atoms with E-state index in [-0.39, 0.29) is 0 Å². The first kappa shape index (κ1) is 7.44. The largest absolute Gasteiger partial charge is 0.331 e. The van der Waals surface area contributed by atoms with Crippen LogP contribution in [0.15, 0.2) is 25.3 Å². The highest BCUT2D eigenvalue weighted by molar-refractivity contribution is 4.66. The van der Waals surface area contributed by atoms with E-state index >= 15 is 0 Å². The number of nitrogens with one attached hydrogen (secondary N) is 1. The molecule has 1 heteroatoms. The van der Waals surface area contributed by atoms with Crippen molar-refractivity contribution in [1.82, 2.24) is 0 Å². The summed E-state index contributed by atoms with van der Waals surface area (Å²) in [5.41, 5.74) is 0. The Morgan fingerprint density at radius 1 is 1.25 bits per heavy atom. The van der Waals surface area contributed by atoms with Crippen LogP contribution in [0.4, 0.5) is 0 Å². The summed E-state index contributed by atoms with van der Waals surface area (Å²) >= 11 is 0. The first-order valence-electron chi connectivity index (χ1n) is 2.84. The van der Waals surface area contributed by atoms with Crippen molar-refractivity contribution in [2.75, 3.05) is 20.1 Å². The lowest BCUT2D eigenvalue weighted by atomic mass is 10.5. The lowest BCUT2D eigenvalue weighted by Crippen LogP contribution is -3.08. The van der Waals surface area contributed by atoms with Crippen LogP contribution in [0.25, 0.3) is 0 Å². The highest BCUT2D eigenvalue weighted by Gasteiger charge is 1.89. The highest BCUT2D eigenvalue weighted by Crippen LogP contribution is 1.51. The Morgan fingerprint density at radius 2 is 1.62 bits per heavy atom. The van der Waals surface area contributed by atoms with Crippen molar-refractivity contribution >= 4 is 0 Å². The fourth-order valence-electron chi connectivity index (χ4n) is 0.576. The van der Waals surface area contributed by atoms with Gasteiger partial charge in [-0.05, 0) is 12.2 Å². The molecule has 0 spiro atoms. The molecule has 0 aromatic carbocycles. The normalized spacial score (nSPS) is 9.25. The molecule has 0 bridgehead atoms. The third-order valence-corrected chi connectivity index (χ3v) is 0.986. The van der Waals surface area contributed by atoms with Crippen LogP contribution in [0.3, 0.4) is 0 Å². The molecular formula is C7H14N+. The summed E-state index contributed by atoms with van der Waals surface area (Å²) in [6.45, 7) is 9.30. The molecule has 0 unspecified atom stereocenters. The van der Waals surface area contributed by atoms with Gasteiger partial charge in [0.05, 0.1) is 20.1 Å². The molecule has 0 aliphatic heterocycles. The average Bonchev–Trinajstić information content (AvgIpc) is 1.68. The van der Waals surface area contributed by atoms with E-state index in [0.29, 0.717) is 0 Å². The van der Waals surface area contributed by atoms with Gasteiger partial charge >= 0.3 is 0 Å². The molecule has 0 fully saturated rings. The second-order valence-electron chi connectivity index (χ2n) is 1.94. The summed E-state index contributed by atoms with van der Waals surface area (Å²) in [6, 6.07) is 0. The Labute approximate surface area is 51.3 Å². The third-order valence-electron chi connectivity index (χ3n) is 0.986. The van der Waals surface area contributed by atoms with Crippen molar-refractivity contribution in [2.24, 2.45) is 0 Å². The minimum absolute atomic E-state index is 1.02. The van der Waals surface area contributed by atoms with Crippen molar-refractivity contribution in [3.63, 3.8) is 0 Å². The van der Waals surface area contributed by atoms with Gasteiger partial charge in [-0.25, -0.2) is 0 Å². The van der Waals surface area contributed by atoms with E-state index in [1.165, 1.54) is 4.90 Å². The molecule has 1 N–H and O–H groups in total. The van der Waals surface area contributed by atoms with Crippen LogP contribution in [0.5, 0.6) is 0 Å².